The quantitative estimate of drug-likeness (QED) is 0.932. The SMILES string of the molecule is Cc1noc(CN[C@@H](C)c2nc(C(C)(C)C)cs2)n1. The van der Waals surface area contributed by atoms with Crippen LogP contribution in [-0.4, -0.2) is 15.1 Å². The van der Waals surface area contributed by atoms with Gasteiger partial charge in [-0.05, 0) is 13.8 Å². The summed E-state index contributed by atoms with van der Waals surface area (Å²) in [5.41, 5.74) is 1.23. The number of aromatic nitrogens is 3. The Kier molecular flexibility index (Phi) is 4.01. The van der Waals surface area contributed by atoms with E-state index in [0.29, 0.717) is 18.3 Å². The Hall–Kier alpha value is -1.27. The summed E-state index contributed by atoms with van der Waals surface area (Å²) in [7, 11) is 0. The van der Waals surface area contributed by atoms with Gasteiger partial charge in [0.2, 0.25) is 5.89 Å². The third-order valence-corrected chi connectivity index (χ3v) is 3.82. The van der Waals surface area contributed by atoms with E-state index < -0.39 is 0 Å². The number of nitrogens with one attached hydrogen (secondary N) is 1. The minimum absolute atomic E-state index is 0.0953. The maximum absolute atomic E-state index is 5.07. The molecule has 2 rings (SSSR count). The largest absolute Gasteiger partial charge is 0.338 e. The molecule has 0 aliphatic rings. The van der Waals surface area contributed by atoms with Gasteiger partial charge in [0.25, 0.3) is 0 Å². The second-order valence-electron chi connectivity index (χ2n) is 5.66. The predicted octanol–water partition coefficient (Wildman–Crippen LogP) is 2.98. The highest BCUT2D eigenvalue weighted by molar-refractivity contribution is 7.09. The number of nitrogens with zero attached hydrogens (tertiary/aromatic N) is 3. The molecular weight excluding hydrogens is 260 g/mol. The van der Waals surface area contributed by atoms with Gasteiger partial charge in [-0.3, -0.25) is 5.32 Å². The Morgan fingerprint density at radius 2 is 2.11 bits per heavy atom. The molecule has 0 aliphatic carbocycles. The van der Waals surface area contributed by atoms with Crippen LogP contribution in [0.3, 0.4) is 0 Å². The lowest BCUT2D eigenvalue weighted by Gasteiger charge is -2.15. The molecule has 0 unspecified atom stereocenters. The van der Waals surface area contributed by atoms with Crippen molar-refractivity contribution >= 4 is 11.3 Å². The first-order valence-electron chi connectivity index (χ1n) is 6.35. The topological polar surface area (TPSA) is 63.8 Å². The zero-order chi connectivity index (χ0) is 14.0. The molecule has 0 amide bonds. The van der Waals surface area contributed by atoms with E-state index in [-0.39, 0.29) is 11.5 Å². The smallest absolute Gasteiger partial charge is 0.240 e. The first-order chi connectivity index (χ1) is 8.86. The number of hydrogen-bond acceptors (Lipinski definition) is 6. The van der Waals surface area contributed by atoms with E-state index in [1.165, 1.54) is 0 Å². The van der Waals surface area contributed by atoms with E-state index in [1.54, 1.807) is 11.3 Å². The minimum Gasteiger partial charge on any atom is -0.338 e. The highest BCUT2D eigenvalue weighted by Crippen LogP contribution is 2.26. The maximum atomic E-state index is 5.07. The summed E-state index contributed by atoms with van der Waals surface area (Å²) >= 11 is 1.68. The van der Waals surface area contributed by atoms with Crippen molar-refractivity contribution in [1.29, 1.82) is 0 Å². The van der Waals surface area contributed by atoms with E-state index in [9.17, 15) is 0 Å². The van der Waals surface area contributed by atoms with E-state index in [4.69, 9.17) is 4.52 Å². The number of hydrogen-bond donors (Lipinski definition) is 1. The molecule has 0 saturated heterocycles. The Labute approximate surface area is 117 Å². The Bertz CT molecular complexity index is 541. The van der Waals surface area contributed by atoms with Crippen molar-refractivity contribution in [2.45, 2.75) is 52.6 Å². The molecule has 104 valence electrons. The van der Waals surface area contributed by atoms with Crippen molar-refractivity contribution in [3.63, 3.8) is 0 Å². The first kappa shape index (κ1) is 14.1. The van der Waals surface area contributed by atoms with Crippen LogP contribution in [0.25, 0.3) is 0 Å². The van der Waals surface area contributed by atoms with Crippen molar-refractivity contribution in [2.24, 2.45) is 0 Å². The molecule has 2 aromatic rings. The zero-order valence-corrected chi connectivity index (χ0v) is 12.8. The fourth-order valence-electron chi connectivity index (χ4n) is 1.57. The molecule has 0 spiro atoms. The van der Waals surface area contributed by atoms with Crippen LogP contribution in [0.4, 0.5) is 0 Å². The van der Waals surface area contributed by atoms with Crippen LogP contribution >= 0.6 is 11.3 Å². The summed E-state index contributed by atoms with van der Waals surface area (Å²) in [5.74, 6) is 1.27. The van der Waals surface area contributed by atoms with Crippen molar-refractivity contribution in [2.75, 3.05) is 0 Å². The lowest BCUT2D eigenvalue weighted by Crippen LogP contribution is -2.19. The summed E-state index contributed by atoms with van der Waals surface area (Å²) in [5, 5.41) is 10.3. The number of rotatable bonds is 4. The molecule has 2 aromatic heterocycles. The summed E-state index contributed by atoms with van der Waals surface area (Å²) < 4.78 is 5.07. The highest BCUT2D eigenvalue weighted by atomic mass is 32.1. The fraction of sp³-hybridized carbons (Fsp3) is 0.615. The van der Waals surface area contributed by atoms with E-state index in [2.05, 4.69) is 53.5 Å². The van der Waals surface area contributed by atoms with Gasteiger partial charge >= 0.3 is 0 Å². The van der Waals surface area contributed by atoms with Gasteiger partial charge in [-0.1, -0.05) is 25.9 Å². The lowest BCUT2D eigenvalue weighted by atomic mass is 9.93. The number of thiazole rings is 1. The first-order valence-corrected chi connectivity index (χ1v) is 7.22. The molecule has 5 nitrogen and oxygen atoms in total. The monoisotopic (exact) mass is 280 g/mol. The van der Waals surface area contributed by atoms with Crippen molar-refractivity contribution in [1.82, 2.24) is 20.4 Å². The van der Waals surface area contributed by atoms with Crippen LogP contribution < -0.4 is 5.32 Å². The van der Waals surface area contributed by atoms with E-state index >= 15 is 0 Å². The second kappa shape index (κ2) is 5.38. The van der Waals surface area contributed by atoms with Gasteiger partial charge in [-0.2, -0.15) is 4.98 Å². The molecule has 19 heavy (non-hydrogen) atoms. The average molecular weight is 280 g/mol. The van der Waals surface area contributed by atoms with Gasteiger partial charge < -0.3 is 4.52 Å². The summed E-state index contributed by atoms with van der Waals surface area (Å²) in [6, 6.07) is 0.174. The Balaban J connectivity index is 1.96. The van der Waals surface area contributed by atoms with Crippen molar-refractivity contribution in [3.8, 4) is 0 Å². The fourth-order valence-corrected chi connectivity index (χ4v) is 2.65. The molecule has 0 bridgehead atoms. The van der Waals surface area contributed by atoms with Crippen LogP contribution in [0.2, 0.25) is 0 Å². The predicted molar refractivity (Wildman–Crippen MR) is 75.1 cm³/mol. The molecule has 0 saturated carbocycles. The molecule has 0 aromatic carbocycles. The third kappa shape index (κ3) is 3.61. The third-order valence-electron chi connectivity index (χ3n) is 2.79. The van der Waals surface area contributed by atoms with E-state index in [0.717, 1.165) is 10.7 Å². The summed E-state index contributed by atoms with van der Waals surface area (Å²) in [6.07, 6.45) is 0. The molecule has 1 atom stereocenters. The van der Waals surface area contributed by atoms with Crippen molar-refractivity contribution in [3.05, 3.63) is 27.8 Å². The van der Waals surface area contributed by atoms with Crippen LogP contribution in [0, 0.1) is 6.92 Å². The van der Waals surface area contributed by atoms with Crippen molar-refractivity contribution < 1.29 is 4.52 Å². The lowest BCUT2D eigenvalue weighted by molar-refractivity contribution is 0.357. The van der Waals surface area contributed by atoms with Gasteiger partial charge in [-0.25, -0.2) is 4.98 Å². The minimum atomic E-state index is 0.0953. The highest BCUT2D eigenvalue weighted by Gasteiger charge is 2.19. The van der Waals surface area contributed by atoms with Gasteiger partial charge in [0.1, 0.15) is 5.01 Å². The normalized spacial score (nSPS) is 13.7. The van der Waals surface area contributed by atoms with Gasteiger partial charge in [0.05, 0.1) is 18.3 Å². The molecule has 0 fully saturated rings. The van der Waals surface area contributed by atoms with Gasteiger partial charge in [-0.15, -0.1) is 11.3 Å². The maximum Gasteiger partial charge on any atom is 0.240 e. The molecule has 0 aliphatic heterocycles. The molecular formula is C13H20N4OS. The zero-order valence-electron chi connectivity index (χ0n) is 12.0. The molecule has 6 heteroatoms. The molecule has 1 N–H and O–H groups in total. The van der Waals surface area contributed by atoms with Crippen LogP contribution in [0.1, 0.15) is 56.2 Å². The van der Waals surface area contributed by atoms with E-state index in [1.807, 2.05) is 6.92 Å². The van der Waals surface area contributed by atoms with Crippen LogP contribution in [-0.2, 0) is 12.0 Å². The number of aryl methyl sites for hydroxylation is 1. The van der Waals surface area contributed by atoms with Gasteiger partial charge in [0.15, 0.2) is 5.82 Å². The summed E-state index contributed by atoms with van der Waals surface area (Å²) in [6.45, 7) is 11.0. The standard InChI is InChI=1S/C13H20N4OS/c1-8(14-6-11-15-9(2)17-18-11)12-16-10(7-19-12)13(3,4)5/h7-8,14H,6H2,1-5H3/t8-/m0/s1. The second-order valence-corrected chi connectivity index (χ2v) is 6.55. The van der Waals surface area contributed by atoms with Crippen LogP contribution in [0.5, 0.6) is 0 Å². The average Bonchev–Trinajstić information content (AvgIpc) is 2.93. The Morgan fingerprint density at radius 3 is 2.63 bits per heavy atom. The van der Waals surface area contributed by atoms with Crippen LogP contribution in [0.15, 0.2) is 9.90 Å². The Morgan fingerprint density at radius 1 is 1.37 bits per heavy atom. The van der Waals surface area contributed by atoms with Gasteiger partial charge in [0, 0.05) is 10.8 Å². The molecule has 0 radical (unpaired) electrons. The molecule has 2 heterocycles. The summed E-state index contributed by atoms with van der Waals surface area (Å²) in [4.78, 5) is 8.85.